The minimum Gasteiger partial charge on any atom is -0.306 e. The summed E-state index contributed by atoms with van der Waals surface area (Å²) in [6.45, 7) is 1.95. The van der Waals surface area contributed by atoms with Gasteiger partial charge in [-0.25, -0.2) is 0 Å². The third-order valence-electron chi connectivity index (χ3n) is 2.10. The molecule has 0 aromatic heterocycles. The fourth-order valence-corrected chi connectivity index (χ4v) is 1.75. The van der Waals surface area contributed by atoms with Crippen LogP contribution in [-0.2, 0) is 9.05 Å². The van der Waals surface area contributed by atoms with Gasteiger partial charge in [-0.1, -0.05) is 5.92 Å². The molecule has 0 atom stereocenters. The summed E-state index contributed by atoms with van der Waals surface area (Å²) in [6, 6.07) is 0. The fourth-order valence-electron chi connectivity index (χ4n) is 1.31. The minimum atomic E-state index is -3.64. The number of hydrogen-bond donors (Lipinski definition) is 0. The van der Waals surface area contributed by atoms with E-state index in [0.717, 1.165) is 25.9 Å². The Hall–Kier alpha value is -0.240. The predicted molar refractivity (Wildman–Crippen MR) is 52.8 cm³/mol. The van der Waals surface area contributed by atoms with Crippen molar-refractivity contribution < 1.29 is 8.42 Å². The van der Waals surface area contributed by atoms with Crippen molar-refractivity contribution in [2.75, 3.05) is 20.1 Å². The Kier molecular flexibility index (Phi) is 3.60. The van der Waals surface area contributed by atoms with Crippen molar-refractivity contribution in [3.63, 3.8) is 0 Å². The molecule has 0 radical (unpaired) electrons. The first-order valence-corrected chi connectivity index (χ1v) is 6.44. The van der Waals surface area contributed by atoms with E-state index in [2.05, 4.69) is 16.1 Å². The molecular weight excluding hydrogens is 210 g/mol. The molecule has 5 heteroatoms. The van der Waals surface area contributed by atoms with E-state index in [1.54, 1.807) is 0 Å². The lowest BCUT2D eigenvalue weighted by atomic mass is 9.98. The van der Waals surface area contributed by atoms with Crippen LogP contribution in [0.3, 0.4) is 0 Å². The molecule has 0 spiro atoms. The molecule has 1 saturated heterocycles. The molecule has 0 N–H and O–H groups in total. The van der Waals surface area contributed by atoms with Crippen LogP contribution in [-0.4, -0.2) is 33.5 Å². The van der Waals surface area contributed by atoms with Gasteiger partial charge in [0.1, 0.15) is 0 Å². The number of halogens is 1. The van der Waals surface area contributed by atoms with Gasteiger partial charge in [0.25, 0.3) is 0 Å². The van der Waals surface area contributed by atoms with Gasteiger partial charge in [-0.05, 0) is 33.0 Å². The van der Waals surface area contributed by atoms with E-state index in [1.165, 1.54) is 0 Å². The highest BCUT2D eigenvalue weighted by Gasteiger charge is 2.14. The van der Waals surface area contributed by atoms with Crippen molar-refractivity contribution in [1.82, 2.24) is 4.90 Å². The average molecular weight is 222 g/mol. The van der Waals surface area contributed by atoms with Crippen LogP contribution in [0.25, 0.3) is 0 Å². The Morgan fingerprint density at radius 3 is 2.38 bits per heavy atom. The highest BCUT2D eigenvalue weighted by Crippen LogP contribution is 2.14. The maximum Gasteiger partial charge on any atom is 0.300 e. The van der Waals surface area contributed by atoms with Crippen molar-refractivity contribution in [2.45, 2.75) is 12.8 Å². The maximum atomic E-state index is 10.5. The monoisotopic (exact) mass is 221 g/mol. The Morgan fingerprint density at radius 2 is 1.92 bits per heavy atom. The van der Waals surface area contributed by atoms with E-state index in [1.807, 2.05) is 7.05 Å². The molecule has 1 rings (SSSR count). The number of likely N-dealkylation sites (tertiary alicyclic amines) is 1. The van der Waals surface area contributed by atoms with Crippen LogP contribution in [0.5, 0.6) is 0 Å². The Bertz CT molecular complexity index is 320. The summed E-state index contributed by atoms with van der Waals surface area (Å²) in [4.78, 5) is 2.20. The highest BCUT2D eigenvalue weighted by molar-refractivity contribution is 8.17. The molecule has 1 heterocycles. The topological polar surface area (TPSA) is 37.4 Å². The smallest absolute Gasteiger partial charge is 0.300 e. The maximum absolute atomic E-state index is 10.5. The van der Waals surface area contributed by atoms with Crippen molar-refractivity contribution in [1.29, 1.82) is 0 Å². The third-order valence-corrected chi connectivity index (χ3v) is 2.70. The molecule has 0 bridgehead atoms. The summed E-state index contributed by atoms with van der Waals surface area (Å²) >= 11 is 0. The summed E-state index contributed by atoms with van der Waals surface area (Å²) < 4.78 is 21.0. The standard InChI is InChI=1S/C8H12ClNO2S/c1-10-5-2-8(3-6-10)4-7-13(9,11)12/h8H,2-3,5-6H2,1H3. The van der Waals surface area contributed by atoms with E-state index in [-0.39, 0.29) is 5.92 Å². The second-order valence-electron chi connectivity index (χ2n) is 3.26. The lowest BCUT2D eigenvalue weighted by Gasteiger charge is -2.25. The first-order chi connectivity index (χ1) is 5.97. The zero-order valence-corrected chi connectivity index (χ0v) is 9.03. The van der Waals surface area contributed by atoms with Gasteiger partial charge in [0.15, 0.2) is 0 Å². The summed E-state index contributed by atoms with van der Waals surface area (Å²) in [6.07, 6.45) is 1.85. The van der Waals surface area contributed by atoms with Gasteiger partial charge in [0.2, 0.25) is 0 Å². The molecule has 1 aliphatic heterocycles. The zero-order chi connectivity index (χ0) is 9.90. The minimum absolute atomic E-state index is 0.185. The molecule has 0 aromatic rings. The SMILES string of the molecule is CN1CCC(C#CS(=O)(=O)Cl)CC1. The van der Waals surface area contributed by atoms with Crippen molar-refractivity contribution in [3.05, 3.63) is 0 Å². The molecule has 1 fully saturated rings. The summed E-state index contributed by atoms with van der Waals surface area (Å²) in [5.74, 6) is 2.87. The molecule has 74 valence electrons. The molecule has 0 saturated carbocycles. The quantitative estimate of drug-likeness (QED) is 0.450. The van der Waals surface area contributed by atoms with Gasteiger partial charge in [-0.15, -0.1) is 0 Å². The van der Waals surface area contributed by atoms with Crippen LogP contribution in [0.15, 0.2) is 0 Å². The molecule has 3 nitrogen and oxygen atoms in total. The predicted octanol–water partition coefficient (Wildman–Crippen LogP) is 0.858. The van der Waals surface area contributed by atoms with Crippen molar-refractivity contribution in [2.24, 2.45) is 5.92 Å². The lowest BCUT2D eigenvalue weighted by Crippen LogP contribution is -2.29. The summed E-state index contributed by atoms with van der Waals surface area (Å²) in [5, 5.41) is 2.08. The Balaban J connectivity index is 2.51. The van der Waals surface area contributed by atoms with Crippen LogP contribution in [0.1, 0.15) is 12.8 Å². The van der Waals surface area contributed by atoms with E-state index >= 15 is 0 Å². The number of nitrogens with zero attached hydrogens (tertiary/aromatic N) is 1. The van der Waals surface area contributed by atoms with E-state index in [9.17, 15) is 8.42 Å². The first-order valence-electron chi connectivity index (χ1n) is 4.13. The molecular formula is C8H12ClNO2S. The van der Waals surface area contributed by atoms with E-state index < -0.39 is 9.05 Å². The van der Waals surface area contributed by atoms with Gasteiger partial charge in [0, 0.05) is 21.9 Å². The van der Waals surface area contributed by atoms with Gasteiger partial charge in [-0.2, -0.15) is 8.42 Å². The number of hydrogen-bond acceptors (Lipinski definition) is 3. The second-order valence-corrected chi connectivity index (χ2v) is 5.56. The van der Waals surface area contributed by atoms with E-state index in [4.69, 9.17) is 10.7 Å². The molecule has 1 aliphatic rings. The fraction of sp³-hybridized carbons (Fsp3) is 0.750. The molecule has 0 unspecified atom stereocenters. The van der Waals surface area contributed by atoms with Gasteiger partial charge < -0.3 is 4.90 Å². The van der Waals surface area contributed by atoms with Crippen LogP contribution < -0.4 is 0 Å². The second kappa shape index (κ2) is 4.32. The third kappa shape index (κ3) is 4.51. The highest BCUT2D eigenvalue weighted by atomic mass is 35.7. The summed E-state index contributed by atoms with van der Waals surface area (Å²) in [5.41, 5.74) is 0. The number of piperidine rings is 1. The lowest BCUT2D eigenvalue weighted by molar-refractivity contribution is 0.248. The average Bonchev–Trinajstić information content (AvgIpc) is 2.02. The van der Waals surface area contributed by atoms with Crippen LogP contribution in [0.4, 0.5) is 0 Å². The van der Waals surface area contributed by atoms with Crippen LogP contribution >= 0.6 is 10.7 Å². The van der Waals surface area contributed by atoms with Crippen molar-refractivity contribution >= 4 is 19.7 Å². The first kappa shape index (κ1) is 10.8. The zero-order valence-electron chi connectivity index (χ0n) is 7.46. The van der Waals surface area contributed by atoms with Crippen molar-refractivity contribution in [3.8, 4) is 11.2 Å². The van der Waals surface area contributed by atoms with Gasteiger partial charge in [0.05, 0.1) is 0 Å². The van der Waals surface area contributed by atoms with Gasteiger partial charge >= 0.3 is 9.05 Å². The largest absolute Gasteiger partial charge is 0.306 e. The Morgan fingerprint density at radius 1 is 1.38 bits per heavy atom. The Labute approximate surface area is 83.5 Å². The van der Waals surface area contributed by atoms with Crippen LogP contribution in [0.2, 0.25) is 0 Å². The number of rotatable bonds is 0. The summed E-state index contributed by atoms with van der Waals surface area (Å²) in [7, 11) is 3.37. The molecule has 0 aliphatic carbocycles. The van der Waals surface area contributed by atoms with E-state index in [0.29, 0.717) is 0 Å². The molecule has 0 amide bonds. The normalized spacial score (nSPS) is 20.8. The molecule has 13 heavy (non-hydrogen) atoms. The molecule has 0 aromatic carbocycles. The van der Waals surface area contributed by atoms with Gasteiger partial charge in [-0.3, -0.25) is 0 Å². The van der Waals surface area contributed by atoms with Crippen LogP contribution in [0, 0.1) is 17.1 Å².